The fourth-order valence-electron chi connectivity index (χ4n) is 1.39. The molecular formula is C13H12F2N2S. The number of hydrogen-bond acceptors (Lipinski definition) is 3. The maximum atomic E-state index is 13.4. The Morgan fingerprint density at radius 2 is 2.00 bits per heavy atom. The lowest BCUT2D eigenvalue weighted by atomic mass is 10.2. The molecule has 1 aromatic heterocycles. The van der Waals surface area contributed by atoms with Crippen LogP contribution in [0.15, 0.2) is 46.5 Å². The Bertz CT molecular complexity index is 541. The first-order valence-electron chi connectivity index (χ1n) is 5.40. The highest BCUT2D eigenvalue weighted by Crippen LogP contribution is 2.29. The van der Waals surface area contributed by atoms with Crippen LogP contribution < -0.4 is 5.73 Å². The Morgan fingerprint density at radius 1 is 1.22 bits per heavy atom. The van der Waals surface area contributed by atoms with Crippen LogP contribution in [0.4, 0.5) is 8.78 Å². The van der Waals surface area contributed by atoms with E-state index in [1.54, 1.807) is 12.3 Å². The predicted octanol–water partition coefficient (Wildman–Crippen LogP) is 3.53. The van der Waals surface area contributed by atoms with Crippen molar-refractivity contribution < 1.29 is 8.78 Å². The molecule has 5 heteroatoms. The van der Waals surface area contributed by atoms with Crippen molar-refractivity contribution in [1.82, 2.24) is 4.98 Å². The van der Waals surface area contributed by atoms with E-state index in [4.69, 9.17) is 5.73 Å². The van der Waals surface area contributed by atoms with Crippen LogP contribution in [0.5, 0.6) is 0 Å². The summed E-state index contributed by atoms with van der Waals surface area (Å²) >= 11 is 1.08. The van der Waals surface area contributed by atoms with Gasteiger partial charge in [0.2, 0.25) is 0 Å². The molecule has 18 heavy (non-hydrogen) atoms. The summed E-state index contributed by atoms with van der Waals surface area (Å²) in [5.74, 6) is -0.925. The van der Waals surface area contributed by atoms with Crippen LogP contribution in [-0.4, -0.2) is 4.98 Å². The molecule has 1 atom stereocenters. The summed E-state index contributed by atoms with van der Waals surface area (Å²) in [7, 11) is 0. The summed E-state index contributed by atoms with van der Waals surface area (Å²) in [6, 6.07) is 6.83. The van der Waals surface area contributed by atoms with Gasteiger partial charge in [0.15, 0.2) is 0 Å². The number of benzene rings is 1. The smallest absolute Gasteiger partial charge is 0.137 e. The first-order chi connectivity index (χ1) is 8.56. The number of pyridine rings is 1. The fourth-order valence-corrected chi connectivity index (χ4v) is 2.19. The van der Waals surface area contributed by atoms with E-state index in [1.165, 1.54) is 0 Å². The van der Waals surface area contributed by atoms with Gasteiger partial charge in [-0.25, -0.2) is 13.8 Å². The van der Waals surface area contributed by atoms with Crippen LogP contribution in [0.3, 0.4) is 0 Å². The highest BCUT2D eigenvalue weighted by Gasteiger charge is 2.07. The molecule has 0 bridgehead atoms. The second-order valence-electron chi connectivity index (χ2n) is 3.90. The van der Waals surface area contributed by atoms with Gasteiger partial charge in [-0.3, -0.25) is 0 Å². The number of rotatable bonds is 3. The molecule has 2 nitrogen and oxygen atoms in total. The van der Waals surface area contributed by atoms with Gasteiger partial charge < -0.3 is 5.73 Å². The van der Waals surface area contributed by atoms with Crippen molar-refractivity contribution in [3.05, 3.63) is 53.7 Å². The van der Waals surface area contributed by atoms with Crippen molar-refractivity contribution in [3.63, 3.8) is 0 Å². The van der Waals surface area contributed by atoms with E-state index >= 15 is 0 Å². The Balaban J connectivity index is 2.21. The Kier molecular flexibility index (Phi) is 3.93. The number of halogens is 2. The molecule has 2 N–H and O–H groups in total. The predicted molar refractivity (Wildman–Crippen MR) is 67.3 cm³/mol. The maximum Gasteiger partial charge on any atom is 0.137 e. The molecule has 2 rings (SSSR count). The van der Waals surface area contributed by atoms with Crippen molar-refractivity contribution in [2.45, 2.75) is 22.9 Å². The third-order valence-corrected chi connectivity index (χ3v) is 3.38. The second kappa shape index (κ2) is 5.46. The molecule has 2 aromatic rings. The highest BCUT2D eigenvalue weighted by molar-refractivity contribution is 7.99. The normalized spacial score (nSPS) is 12.4. The van der Waals surface area contributed by atoms with Gasteiger partial charge in [-0.1, -0.05) is 17.8 Å². The fraction of sp³-hybridized carbons (Fsp3) is 0.154. The summed E-state index contributed by atoms with van der Waals surface area (Å²) in [6.45, 7) is 1.86. The molecule has 0 radical (unpaired) electrons. The SMILES string of the molecule is CC(N)c1ccc(Sc2cc(F)ccc2F)nc1. The molecule has 0 saturated carbocycles. The zero-order valence-corrected chi connectivity index (χ0v) is 10.5. The zero-order valence-electron chi connectivity index (χ0n) is 9.73. The molecule has 0 aliphatic rings. The molecule has 0 fully saturated rings. The maximum absolute atomic E-state index is 13.4. The summed E-state index contributed by atoms with van der Waals surface area (Å²) < 4.78 is 26.4. The minimum Gasteiger partial charge on any atom is -0.324 e. The van der Waals surface area contributed by atoms with Crippen LogP contribution in [0.1, 0.15) is 18.5 Å². The van der Waals surface area contributed by atoms with Gasteiger partial charge in [-0.15, -0.1) is 0 Å². The molecule has 0 amide bonds. The quantitative estimate of drug-likeness (QED) is 0.923. The van der Waals surface area contributed by atoms with Crippen molar-refractivity contribution in [2.24, 2.45) is 5.73 Å². The van der Waals surface area contributed by atoms with E-state index in [0.29, 0.717) is 5.03 Å². The summed E-state index contributed by atoms with van der Waals surface area (Å²) in [5.41, 5.74) is 6.61. The summed E-state index contributed by atoms with van der Waals surface area (Å²) in [4.78, 5) is 4.38. The lowest BCUT2D eigenvalue weighted by Gasteiger charge is -2.06. The van der Waals surface area contributed by atoms with Crippen LogP contribution in [0.25, 0.3) is 0 Å². The lowest BCUT2D eigenvalue weighted by Crippen LogP contribution is -2.04. The number of nitrogens with zero attached hydrogens (tertiary/aromatic N) is 1. The largest absolute Gasteiger partial charge is 0.324 e. The number of nitrogens with two attached hydrogens (primary N) is 1. The topological polar surface area (TPSA) is 38.9 Å². The second-order valence-corrected chi connectivity index (χ2v) is 4.96. The molecule has 0 aliphatic carbocycles. The van der Waals surface area contributed by atoms with Gasteiger partial charge in [0.1, 0.15) is 16.7 Å². The molecule has 1 aromatic carbocycles. The molecule has 94 valence electrons. The minimum atomic E-state index is -0.467. The van der Waals surface area contributed by atoms with Gasteiger partial charge in [-0.05, 0) is 36.8 Å². The van der Waals surface area contributed by atoms with Crippen LogP contribution >= 0.6 is 11.8 Å². The minimum absolute atomic E-state index is 0.0949. The molecule has 1 heterocycles. The molecular weight excluding hydrogens is 254 g/mol. The summed E-state index contributed by atoms with van der Waals surface area (Å²) in [6.07, 6.45) is 1.64. The van der Waals surface area contributed by atoms with E-state index in [2.05, 4.69) is 4.98 Å². The van der Waals surface area contributed by atoms with E-state index < -0.39 is 11.6 Å². The molecule has 0 spiro atoms. The Labute approximate surface area is 108 Å². The third kappa shape index (κ3) is 3.05. The van der Waals surface area contributed by atoms with Gasteiger partial charge >= 0.3 is 0 Å². The van der Waals surface area contributed by atoms with Gasteiger partial charge in [0.05, 0.1) is 4.90 Å². The number of hydrogen-bond donors (Lipinski definition) is 1. The van der Waals surface area contributed by atoms with E-state index in [-0.39, 0.29) is 10.9 Å². The first-order valence-corrected chi connectivity index (χ1v) is 6.22. The van der Waals surface area contributed by atoms with E-state index in [9.17, 15) is 8.78 Å². The third-order valence-electron chi connectivity index (χ3n) is 2.39. The average molecular weight is 266 g/mol. The van der Waals surface area contributed by atoms with Crippen molar-refractivity contribution in [2.75, 3.05) is 0 Å². The van der Waals surface area contributed by atoms with Gasteiger partial charge in [-0.2, -0.15) is 0 Å². The van der Waals surface area contributed by atoms with Gasteiger partial charge in [0.25, 0.3) is 0 Å². The molecule has 1 unspecified atom stereocenters. The van der Waals surface area contributed by atoms with Crippen LogP contribution in [-0.2, 0) is 0 Å². The Hall–Kier alpha value is -1.46. The zero-order chi connectivity index (χ0) is 13.1. The molecule has 0 aliphatic heterocycles. The van der Waals surface area contributed by atoms with Crippen LogP contribution in [0, 0.1) is 11.6 Å². The average Bonchev–Trinajstić information content (AvgIpc) is 2.34. The first kappa shape index (κ1) is 13.0. The van der Waals surface area contributed by atoms with Crippen molar-refractivity contribution in [3.8, 4) is 0 Å². The monoisotopic (exact) mass is 266 g/mol. The van der Waals surface area contributed by atoms with Crippen molar-refractivity contribution >= 4 is 11.8 Å². The molecule has 0 saturated heterocycles. The van der Waals surface area contributed by atoms with Gasteiger partial charge in [0, 0.05) is 12.2 Å². The Morgan fingerprint density at radius 3 is 2.61 bits per heavy atom. The highest BCUT2D eigenvalue weighted by atomic mass is 32.2. The lowest BCUT2D eigenvalue weighted by molar-refractivity contribution is 0.577. The number of aromatic nitrogens is 1. The van der Waals surface area contributed by atoms with Crippen LogP contribution in [0.2, 0.25) is 0 Å². The standard InChI is InChI=1S/C13H12F2N2S/c1-8(16)9-2-5-13(17-7-9)18-12-6-10(14)3-4-11(12)15/h2-8H,16H2,1H3. The summed E-state index contributed by atoms with van der Waals surface area (Å²) in [5, 5.41) is 0.601. The van der Waals surface area contributed by atoms with Crippen molar-refractivity contribution in [1.29, 1.82) is 0 Å². The van der Waals surface area contributed by atoms with E-state index in [1.807, 2.05) is 13.0 Å². The van der Waals surface area contributed by atoms with E-state index in [0.717, 1.165) is 35.5 Å².